The van der Waals surface area contributed by atoms with Crippen LogP contribution >= 0.6 is 15.9 Å². The highest BCUT2D eigenvalue weighted by Gasteiger charge is 2.16. The van der Waals surface area contributed by atoms with Gasteiger partial charge in [0.1, 0.15) is 5.75 Å². The fourth-order valence-corrected chi connectivity index (χ4v) is 2.77. The lowest BCUT2D eigenvalue weighted by molar-refractivity contribution is 0.407. The molecule has 4 nitrogen and oxygen atoms in total. The van der Waals surface area contributed by atoms with E-state index in [1.165, 1.54) is 0 Å². The van der Waals surface area contributed by atoms with Crippen LogP contribution in [-0.4, -0.2) is 16.9 Å². The highest BCUT2D eigenvalue weighted by Crippen LogP contribution is 2.27. The number of aryl methyl sites for hydroxylation is 2. The minimum atomic E-state index is -0.0978. The SMILES string of the molecule is CCn1nc(C)cc1C(N)Cc1cc(Br)ccc1OC. The van der Waals surface area contributed by atoms with Crippen molar-refractivity contribution in [3.05, 3.63) is 45.7 Å². The van der Waals surface area contributed by atoms with Gasteiger partial charge < -0.3 is 10.5 Å². The molecule has 108 valence electrons. The van der Waals surface area contributed by atoms with Gasteiger partial charge in [0, 0.05) is 11.0 Å². The second kappa shape index (κ2) is 6.41. The maximum atomic E-state index is 6.36. The van der Waals surface area contributed by atoms with E-state index in [1.54, 1.807) is 7.11 Å². The number of hydrogen-bond acceptors (Lipinski definition) is 3. The number of aromatic nitrogens is 2. The van der Waals surface area contributed by atoms with Crippen molar-refractivity contribution in [3.8, 4) is 5.75 Å². The van der Waals surface area contributed by atoms with Crippen LogP contribution in [0.15, 0.2) is 28.7 Å². The van der Waals surface area contributed by atoms with Crippen molar-refractivity contribution in [2.24, 2.45) is 5.73 Å². The zero-order valence-corrected chi connectivity index (χ0v) is 13.6. The summed E-state index contributed by atoms with van der Waals surface area (Å²) in [5, 5.41) is 4.45. The number of halogens is 1. The number of nitrogens with zero attached hydrogens (tertiary/aromatic N) is 2. The lowest BCUT2D eigenvalue weighted by atomic mass is 10.0. The molecule has 1 aromatic heterocycles. The Hall–Kier alpha value is -1.33. The molecule has 0 aliphatic rings. The Labute approximate surface area is 128 Å². The van der Waals surface area contributed by atoms with Gasteiger partial charge in [0.15, 0.2) is 0 Å². The number of benzene rings is 1. The molecule has 1 heterocycles. The number of rotatable bonds is 5. The predicted octanol–water partition coefficient (Wildman–Crippen LogP) is 3.23. The van der Waals surface area contributed by atoms with Gasteiger partial charge in [-0.05, 0) is 50.1 Å². The molecule has 0 saturated carbocycles. The van der Waals surface area contributed by atoms with Gasteiger partial charge in [-0.3, -0.25) is 4.68 Å². The van der Waals surface area contributed by atoms with Crippen LogP contribution in [0.25, 0.3) is 0 Å². The van der Waals surface area contributed by atoms with E-state index in [0.29, 0.717) is 6.42 Å². The van der Waals surface area contributed by atoms with Gasteiger partial charge in [-0.15, -0.1) is 0 Å². The van der Waals surface area contributed by atoms with E-state index in [9.17, 15) is 0 Å². The van der Waals surface area contributed by atoms with Gasteiger partial charge in [0.05, 0.1) is 24.5 Å². The first-order valence-electron chi connectivity index (χ1n) is 6.67. The van der Waals surface area contributed by atoms with Crippen molar-refractivity contribution in [1.29, 1.82) is 0 Å². The van der Waals surface area contributed by atoms with Crippen LogP contribution in [0.1, 0.15) is 29.9 Å². The molecule has 0 fully saturated rings. The molecule has 0 radical (unpaired) electrons. The summed E-state index contributed by atoms with van der Waals surface area (Å²) in [5.41, 5.74) is 9.51. The van der Waals surface area contributed by atoms with Crippen molar-refractivity contribution >= 4 is 15.9 Å². The molecule has 0 bridgehead atoms. The number of ether oxygens (including phenoxy) is 1. The normalized spacial score (nSPS) is 12.4. The second-order valence-electron chi connectivity index (χ2n) is 4.79. The lowest BCUT2D eigenvalue weighted by Crippen LogP contribution is -2.18. The highest BCUT2D eigenvalue weighted by molar-refractivity contribution is 9.10. The summed E-state index contributed by atoms with van der Waals surface area (Å²) in [4.78, 5) is 0. The number of hydrogen-bond donors (Lipinski definition) is 1. The van der Waals surface area contributed by atoms with Crippen LogP contribution in [-0.2, 0) is 13.0 Å². The Morgan fingerprint density at radius 2 is 2.15 bits per heavy atom. The Kier molecular flexibility index (Phi) is 4.83. The molecule has 20 heavy (non-hydrogen) atoms. The van der Waals surface area contributed by atoms with E-state index in [4.69, 9.17) is 10.5 Å². The van der Waals surface area contributed by atoms with Crippen LogP contribution in [0.2, 0.25) is 0 Å². The van der Waals surface area contributed by atoms with Gasteiger partial charge in [-0.25, -0.2) is 0 Å². The second-order valence-corrected chi connectivity index (χ2v) is 5.71. The van der Waals surface area contributed by atoms with Crippen molar-refractivity contribution < 1.29 is 4.74 Å². The van der Waals surface area contributed by atoms with E-state index in [2.05, 4.69) is 40.1 Å². The average Bonchev–Trinajstić information content (AvgIpc) is 2.80. The van der Waals surface area contributed by atoms with Gasteiger partial charge in [0.2, 0.25) is 0 Å². The summed E-state index contributed by atoms with van der Waals surface area (Å²) < 4.78 is 8.39. The van der Waals surface area contributed by atoms with Crippen molar-refractivity contribution in [1.82, 2.24) is 9.78 Å². The molecule has 5 heteroatoms. The Morgan fingerprint density at radius 3 is 2.80 bits per heavy atom. The van der Waals surface area contributed by atoms with Crippen LogP contribution in [0.4, 0.5) is 0 Å². The maximum absolute atomic E-state index is 6.36. The molecule has 2 aromatic rings. The lowest BCUT2D eigenvalue weighted by Gasteiger charge is -2.15. The van der Waals surface area contributed by atoms with E-state index in [1.807, 2.05) is 23.7 Å². The third kappa shape index (κ3) is 3.22. The predicted molar refractivity (Wildman–Crippen MR) is 84.0 cm³/mol. The summed E-state index contributed by atoms with van der Waals surface area (Å²) >= 11 is 3.49. The zero-order valence-electron chi connectivity index (χ0n) is 12.1. The summed E-state index contributed by atoms with van der Waals surface area (Å²) in [6.45, 7) is 4.89. The highest BCUT2D eigenvalue weighted by atomic mass is 79.9. The summed E-state index contributed by atoms with van der Waals surface area (Å²) in [6.07, 6.45) is 0.716. The summed E-state index contributed by atoms with van der Waals surface area (Å²) in [7, 11) is 1.68. The van der Waals surface area contributed by atoms with Crippen LogP contribution < -0.4 is 10.5 Å². The maximum Gasteiger partial charge on any atom is 0.122 e. The van der Waals surface area contributed by atoms with Crippen molar-refractivity contribution in [2.75, 3.05) is 7.11 Å². The van der Waals surface area contributed by atoms with Crippen molar-refractivity contribution in [2.45, 2.75) is 32.9 Å². The molecule has 2 N–H and O–H groups in total. The molecule has 1 atom stereocenters. The average molecular weight is 338 g/mol. The molecule has 0 spiro atoms. The first-order valence-corrected chi connectivity index (χ1v) is 7.46. The van der Waals surface area contributed by atoms with Crippen LogP contribution in [0.5, 0.6) is 5.75 Å². The quantitative estimate of drug-likeness (QED) is 0.911. The van der Waals surface area contributed by atoms with E-state index in [-0.39, 0.29) is 6.04 Å². The largest absolute Gasteiger partial charge is 0.496 e. The third-order valence-corrected chi connectivity index (χ3v) is 3.79. The third-order valence-electron chi connectivity index (χ3n) is 3.29. The molecule has 0 aliphatic heterocycles. The first-order chi connectivity index (χ1) is 9.55. The van der Waals surface area contributed by atoms with Crippen molar-refractivity contribution in [3.63, 3.8) is 0 Å². The fraction of sp³-hybridized carbons (Fsp3) is 0.400. The van der Waals surface area contributed by atoms with E-state index < -0.39 is 0 Å². The minimum absolute atomic E-state index is 0.0978. The molecule has 0 aliphatic carbocycles. The number of nitrogens with two attached hydrogens (primary N) is 1. The molecule has 2 rings (SSSR count). The molecular formula is C15H20BrN3O. The Morgan fingerprint density at radius 1 is 1.40 bits per heavy atom. The molecule has 1 unspecified atom stereocenters. The monoisotopic (exact) mass is 337 g/mol. The van der Waals surface area contributed by atoms with Gasteiger partial charge in [-0.1, -0.05) is 15.9 Å². The van der Waals surface area contributed by atoms with E-state index >= 15 is 0 Å². The number of methoxy groups -OCH3 is 1. The van der Waals surface area contributed by atoms with Crippen LogP contribution in [0.3, 0.4) is 0 Å². The summed E-state index contributed by atoms with van der Waals surface area (Å²) in [5.74, 6) is 0.864. The topological polar surface area (TPSA) is 53.1 Å². The van der Waals surface area contributed by atoms with Gasteiger partial charge >= 0.3 is 0 Å². The standard InChI is InChI=1S/C15H20BrN3O/c1-4-19-14(7-10(2)18-19)13(17)9-11-8-12(16)5-6-15(11)20-3/h5-8,13H,4,9,17H2,1-3H3. The Balaban J connectivity index is 2.27. The zero-order chi connectivity index (χ0) is 14.7. The molecular weight excluding hydrogens is 318 g/mol. The van der Waals surface area contributed by atoms with Gasteiger partial charge in [0.25, 0.3) is 0 Å². The Bertz CT molecular complexity index is 595. The molecule has 0 saturated heterocycles. The fourth-order valence-electron chi connectivity index (χ4n) is 2.37. The first kappa shape index (κ1) is 15.1. The summed E-state index contributed by atoms with van der Waals surface area (Å²) in [6, 6.07) is 7.93. The molecule has 1 aromatic carbocycles. The minimum Gasteiger partial charge on any atom is -0.496 e. The van der Waals surface area contributed by atoms with Gasteiger partial charge in [-0.2, -0.15) is 5.10 Å². The molecule has 0 amide bonds. The smallest absolute Gasteiger partial charge is 0.122 e. The van der Waals surface area contributed by atoms with Crippen LogP contribution in [0, 0.1) is 6.92 Å². The van der Waals surface area contributed by atoms with E-state index in [0.717, 1.165) is 33.7 Å².